The molecular formula is C23H20Cl2NOZr. The SMILES string of the molecule is CC1=NC2=CC=CC2=C1.CCc1ccc(-c2cc3ccccc3[cH-]2)o1.[Cl-].[Cl-].[Zr+3]. The Morgan fingerprint density at radius 1 is 1.07 bits per heavy atom. The molecule has 28 heavy (non-hydrogen) atoms. The quantitative estimate of drug-likeness (QED) is 0.475. The van der Waals surface area contributed by atoms with Crippen molar-refractivity contribution in [2.24, 2.45) is 4.99 Å². The van der Waals surface area contributed by atoms with Crippen LogP contribution in [0, 0.1) is 0 Å². The molecule has 2 aromatic carbocycles. The first kappa shape index (κ1) is 24.5. The van der Waals surface area contributed by atoms with Gasteiger partial charge >= 0.3 is 26.2 Å². The molecule has 0 amide bonds. The molecule has 0 saturated carbocycles. The zero-order valence-corrected chi connectivity index (χ0v) is 19.7. The zero-order chi connectivity index (χ0) is 17.2. The van der Waals surface area contributed by atoms with Gasteiger partial charge in [0.15, 0.2) is 0 Å². The minimum atomic E-state index is 0. The summed E-state index contributed by atoms with van der Waals surface area (Å²) < 4.78 is 5.75. The molecule has 1 aromatic heterocycles. The Balaban J connectivity index is 0.000000284. The summed E-state index contributed by atoms with van der Waals surface area (Å²) in [6.45, 7) is 4.12. The molecule has 0 unspecified atom stereocenters. The number of hydrogen-bond acceptors (Lipinski definition) is 2. The Kier molecular flexibility index (Phi) is 9.50. The van der Waals surface area contributed by atoms with E-state index < -0.39 is 0 Å². The van der Waals surface area contributed by atoms with E-state index in [9.17, 15) is 0 Å². The molecule has 0 spiro atoms. The second-order valence-corrected chi connectivity index (χ2v) is 6.26. The number of rotatable bonds is 2. The fraction of sp³-hybridized carbons (Fsp3) is 0.130. The summed E-state index contributed by atoms with van der Waals surface area (Å²) in [7, 11) is 0. The third-order valence-corrected chi connectivity index (χ3v) is 4.40. The molecule has 2 aliphatic rings. The molecule has 3 aromatic rings. The summed E-state index contributed by atoms with van der Waals surface area (Å²) in [5.74, 6) is 2.01. The van der Waals surface area contributed by atoms with Crippen molar-refractivity contribution >= 4 is 16.5 Å². The minimum absolute atomic E-state index is 0. The minimum Gasteiger partial charge on any atom is -1.00 e. The van der Waals surface area contributed by atoms with Crippen molar-refractivity contribution in [3.05, 3.63) is 89.9 Å². The Morgan fingerprint density at radius 2 is 1.86 bits per heavy atom. The standard InChI is InChI=1S/C15H13O.C8H7N.2ClH.Zr/c1-2-14-7-8-15(16-14)13-9-11-5-3-4-6-12(11)10-13;1-6-5-7-3-2-4-8(7)9-6;;;/h3-10H,2H2,1H3;2-5H,1H3;2*1H;/q-1;;;;+3/p-2. The van der Waals surface area contributed by atoms with Gasteiger partial charge in [-0.25, -0.2) is 0 Å². The largest absolute Gasteiger partial charge is 3.00 e. The first-order valence-corrected chi connectivity index (χ1v) is 8.63. The molecule has 2 nitrogen and oxygen atoms in total. The van der Waals surface area contributed by atoms with Crippen LogP contribution in [0.1, 0.15) is 19.6 Å². The van der Waals surface area contributed by atoms with Crippen LogP contribution < -0.4 is 24.8 Å². The molecule has 0 fully saturated rings. The molecule has 1 radical (unpaired) electrons. The number of nitrogens with zero attached hydrogens (tertiary/aromatic N) is 1. The van der Waals surface area contributed by atoms with Gasteiger partial charge in [-0.2, -0.15) is 0 Å². The van der Waals surface area contributed by atoms with Gasteiger partial charge in [0.1, 0.15) is 0 Å². The van der Waals surface area contributed by atoms with Crippen molar-refractivity contribution in [2.75, 3.05) is 0 Å². The van der Waals surface area contributed by atoms with Gasteiger partial charge in [0.05, 0.1) is 17.2 Å². The van der Waals surface area contributed by atoms with E-state index in [0.29, 0.717) is 0 Å². The number of hydrogen-bond donors (Lipinski definition) is 0. The number of allylic oxidation sites excluding steroid dienone is 4. The van der Waals surface area contributed by atoms with E-state index in [0.717, 1.165) is 29.4 Å². The predicted octanol–water partition coefficient (Wildman–Crippen LogP) is 0.228. The summed E-state index contributed by atoms with van der Waals surface area (Å²) in [6, 6.07) is 16.8. The first-order chi connectivity index (χ1) is 12.2. The van der Waals surface area contributed by atoms with E-state index in [2.05, 4.69) is 60.5 Å². The monoisotopic (exact) mass is 486 g/mol. The van der Waals surface area contributed by atoms with Crippen molar-refractivity contribution in [1.29, 1.82) is 0 Å². The van der Waals surface area contributed by atoms with E-state index >= 15 is 0 Å². The number of furan rings is 1. The molecule has 1 aliphatic carbocycles. The van der Waals surface area contributed by atoms with Crippen LogP contribution in [0.5, 0.6) is 0 Å². The molecule has 0 N–H and O–H groups in total. The fourth-order valence-corrected chi connectivity index (χ4v) is 3.11. The van der Waals surface area contributed by atoms with E-state index in [4.69, 9.17) is 4.42 Å². The molecule has 0 saturated heterocycles. The van der Waals surface area contributed by atoms with Gasteiger partial charge in [-0.15, -0.1) is 29.0 Å². The van der Waals surface area contributed by atoms with Gasteiger partial charge in [-0.3, -0.25) is 4.99 Å². The van der Waals surface area contributed by atoms with Gasteiger partial charge in [-0.05, 0) is 31.2 Å². The van der Waals surface area contributed by atoms with E-state index in [1.807, 2.05) is 31.2 Å². The summed E-state index contributed by atoms with van der Waals surface area (Å²) in [5.41, 5.74) is 4.65. The third kappa shape index (κ3) is 5.29. The average Bonchev–Trinajstić information content (AvgIpc) is 3.37. The van der Waals surface area contributed by atoms with Crippen LogP contribution in [-0.2, 0) is 32.6 Å². The van der Waals surface area contributed by atoms with Crippen molar-refractivity contribution in [3.63, 3.8) is 0 Å². The normalized spacial score (nSPS) is 13.1. The fourth-order valence-electron chi connectivity index (χ4n) is 3.11. The van der Waals surface area contributed by atoms with Crippen molar-refractivity contribution in [1.82, 2.24) is 0 Å². The van der Waals surface area contributed by atoms with Crippen molar-refractivity contribution < 1.29 is 55.4 Å². The van der Waals surface area contributed by atoms with Gasteiger partial charge in [-0.1, -0.05) is 42.8 Å². The van der Waals surface area contributed by atoms with Crippen LogP contribution >= 0.6 is 0 Å². The molecule has 2 heterocycles. The maximum absolute atomic E-state index is 5.75. The molecule has 0 atom stereocenters. The Hall–Kier alpha value is -1.54. The van der Waals surface area contributed by atoms with Crippen LogP contribution in [0.15, 0.2) is 93.5 Å². The predicted molar refractivity (Wildman–Crippen MR) is 105 cm³/mol. The maximum atomic E-state index is 5.75. The van der Waals surface area contributed by atoms with Crippen LogP contribution in [0.2, 0.25) is 0 Å². The summed E-state index contributed by atoms with van der Waals surface area (Å²) in [6.07, 6.45) is 9.17. The molecule has 0 bridgehead atoms. The maximum Gasteiger partial charge on any atom is 3.00 e. The summed E-state index contributed by atoms with van der Waals surface area (Å²) in [4.78, 5) is 4.27. The molecule has 5 rings (SSSR count). The third-order valence-electron chi connectivity index (χ3n) is 4.40. The molecular weight excluding hydrogens is 468 g/mol. The van der Waals surface area contributed by atoms with Crippen molar-refractivity contribution in [3.8, 4) is 11.3 Å². The summed E-state index contributed by atoms with van der Waals surface area (Å²) in [5, 5.41) is 2.54. The smallest absolute Gasteiger partial charge is 1.00 e. The van der Waals surface area contributed by atoms with Gasteiger partial charge in [0, 0.05) is 17.7 Å². The van der Waals surface area contributed by atoms with Gasteiger partial charge < -0.3 is 29.2 Å². The number of benzene rings is 1. The first-order valence-electron chi connectivity index (χ1n) is 8.63. The number of halogens is 2. The zero-order valence-electron chi connectivity index (χ0n) is 15.7. The topological polar surface area (TPSA) is 25.5 Å². The summed E-state index contributed by atoms with van der Waals surface area (Å²) >= 11 is 0. The number of aryl methyl sites for hydroxylation is 1. The van der Waals surface area contributed by atoms with Crippen LogP contribution in [0.25, 0.3) is 22.1 Å². The number of fused-ring (bicyclic) bond motifs is 2. The Labute approximate surface area is 197 Å². The van der Waals surface area contributed by atoms with E-state index in [-0.39, 0.29) is 51.0 Å². The van der Waals surface area contributed by atoms with E-state index in [1.165, 1.54) is 21.9 Å². The van der Waals surface area contributed by atoms with Crippen molar-refractivity contribution in [2.45, 2.75) is 20.3 Å². The Bertz CT molecular complexity index is 1020. The molecule has 1 aliphatic heterocycles. The van der Waals surface area contributed by atoms with Gasteiger partial charge in [0.25, 0.3) is 0 Å². The van der Waals surface area contributed by atoms with Gasteiger partial charge in [0.2, 0.25) is 0 Å². The molecule has 5 heteroatoms. The van der Waals surface area contributed by atoms with E-state index in [1.54, 1.807) is 0 Å². The van der Waals surface area contributed by atoms with Crippen LogP contribution in [-0.4, -0.2) is 5.71 Å². The Morgan fingerprint density at radius 3 is 2.54 bits per heavy atom. The second-order valence-electron chi connectivity index (χ2n) is 6.26. The van der Waals surface area contributed by atoms with Crippen LogP contribution in [0.4, 0.5) is 0 Å². The molecule has 141 valence electrons. The van der Waals surface area contributed by atoms with Crippen LogP contribution in [0.3, 0.4) is 0 Å². The second kappa shape index (κ2) is 10.9. The number of aliphatic imine (C=N–C) groups is 1. The average molecular weight is 489 g/mol.